The van der Waals surface area contributed by atoms with Gasteiger partial charge in [-0.1, -0.05) is 11.6 Å². The first-order valence-electron chi connectivity index (χ1n) is 5.15. The second-order valence-corrected chi connectivity index (χ2v) is 4.30. The lowest BCUT2D eigenvalue weighted by Gasteiger charge is -2.22. The van der Waals surface area contributed by atoms with Gasteiger partial charge >= 0.3 is 0 Å². The van der Waals surface area contributed by atoms with Crippen molar-refractivity contribution >= 4 is 24.0 Å². The van der Waals surface area contributed by atoms with Crippen molar-refractivity contribution in [2.24, 2.45) is 0 Å². The number of hydrogen-bond donors (Lipinski definition) is 1. The zero-order valence-electron chi connectivity index (χ0n) is 9.19. The van der Waals surface area contributed by atoms with E-state index in [2.05, 4.69) is 27.5 Å². The molecule has 2 heterocycles. The predicted octanol–water partition coefficient (Wildman–Crippen LogP) is 1.35. The summed E-state index contributed by atoms with van der Waals surface area (Å²) in [6, 6.07) is 4.32. The first-order valence-corrected chi connectivity index (χ1v) is 5.52. The summed E-state index contributed by atoms with van der Waals surface area (Å²) in [7, 11) is 2.12. The van der Waals surface area contributed by atoms with Gasteiger partial charge in [0.25, 0.3) is 0 Å². The molecule has 0 unspecified atom stereocenters. The quantitative estimate of drug-likeness (QED) is 0.893. The molecule has 1 saturated heterocycles. The molecule has 2 rings (SSSR count). The van der Waals surface area contributed by atoms with E-state index in [0.717, 1.165) is 25.3 Å². The lowest BCUT2D eigenvalue weighted by Crippen LogP contribution is -2.33. The largest absolute Gasteiger partial charge is 0.315 e. The van der Waals surface area contributed by atoms with E-state index in [9.17, 15) is 0 Å². The molecule has 0 spiro atoms. The highest BCUT2D eigenvalue weighted by Crippen LogP contribution is 2.10. The maximum absolute atomic E-state index is 5.68. The number of hydrogen-bond acceptors (Lipinski definition) is 4. The number of likely N-dealkylation sites (N-methyl/N-ethyl adjacent to an activating group) is 1. The third-order valence-corrected chi connectivity index (χ3v) is 2.96. The molecule has 16 heavy (non-hydrogen) atoms. The Bertz CT molecular complexity index is 311. The first kappa shape index (κ1) is 13.6. The SMILES string of the molecule is CN(Cc1ccc(Cl)nn1)[C@H]1CCNC1.Cl. The maximum atomic E-state index is 5.68. The number of halogens is 2. The van der Waals surface area contributed by atoms with Crippen molar-refractivity contribution in [1.29, 1.82) is 0 Å². The monoisotopic (exact) mass is 262 g/mol. The molecule has 0 aromatic carbocycles. The molecule has 0 bridgehead atoms. The molecule has 6 heteroatoms. The van der Waals surface area contributed by atoms with Gasteiger partial charge in [0.05, 0.1) is 5.69 Å². The van der Waals surface area contributed by atoms with Gasteiger partial charge in [-0.15, -0.1) is 17.5 Å². The molecule has 1 aliphatic heterocycles. The van der Waals surface area contributed by atoms with Gasteiger partial charge in [-0.05, 0) is 32.1 Å². The fraction of sp³-hybridized carbons (Fsp3) is 0.600. The highest BCUT2D eigenvalue weighted by molar-refractivity contribution is 6.29. The molecule has 90 valence electrons. The molecule has 1 aliphatic rings. The zero-order valence-corrected chi connectivity index (χ0v) is 10.8. The molecular weight excluding hydrogens is 247 g/mol. The summed E-state index contributed by atoms with van der Waals surface area (Å²) >= 11 is 5.68. The van der Waals surface area contributed by atoms with Crippen LogP contribution in [-0.2, 0) is 6.54 Å². The normalized spacial score (nSPS) is 19.8. The van der Waals surface area contributed by atoms with Crippen LogP contribution in [0.1, 0.15) is 12.1 Å². The van der Waals surface area contributed by atoms with Gasteiger partial charge in [0.15, 0.2) is 5.15 Å². The molecule has 0 radical (unpaired) electrons. The molecule has 0 amide bonds. The van der Waals surface area contributed by atoms with Gasteiger partial charge in [-0.2, -0.15) is 5.10 Å². The van der Waals surface area contributed by atoms with Gasteiger partial charge in [0.1, 0.15) is 0 Å². The number of aromatic nitrogens is 2. The van der Waals surface area contributed by atoms with E-state index < -0.39 is 0 Å². The predicted molar refractivity (Wildman–Crippen MR) is 67.0 cm³/mol. The molecule has 1 aromatic heterocycles. The Morgan fingerprint density at radius 2 is 2.31 bits per heavy atom. The molecule has 1 N–H and O–H groups in total. The Labute approximate surface area is 107 Å². The van der Waals surface area contributed by atoms with Crippen molar-refractivity contribution in [3.63, 3.8) is 0 Å². The van der Waals surface area contributed by atoms with E-state index in [-0.39, 0.29) is 12.4 Å². The summed E-state index contributed by atoms with van der Waals surface area (Å²) in [5, 5.41) is 11.7. The second kappa shape index (κ2) is 6.35. The Balaban J connectivity index is 0.00000128. The van der Waals surface area contributed by atoms with Crippen LogP contribution in [-0.4, -0.2) is 41.3 Å². The highest BCUT2D eigenvalue weighted by Gasteiger charge is 2.19. The average molecular weight is 263 g/mol. The summed E-state index contributed by atoms with van der Waals surface area (Å²) in [6.07, 6.45) is 1.21. The van der Waals surface area contributed by atoms with Crippen molar-refractivity contribution in [1.82, 2.24) is 20.4 Å². The molecule has 1 aromatic rings. The summed E-state index contributed by atoms with van der Waals surface area (Å²) in [5.41, 5.74) is 0.966. The molecule has 1 fully saturated rings. The Kier molecular flexibility index (Phi) is 5.41. The van der Waals surface area contributed by atoms with Gasteiger partial charge in [-0.3, -0.25) is 4.90 Å². The Morgan fingerprint density at radius 1 is 1.50 bits per heavy atom. The van der Waals surface area contributed by atoms with Gasteiger partial charge in [0, 0.05) is 19.1 Å². The lowest BCUT2D eigenvalue weighted by atomic mass is 10.2. The number of rotatable bonds is 3. The van der Waals surface area contributed by atoms with Crippen molar-refractivity contribution in [2.45, 2.75) is 19.0 Å². The van der Waals surface area contributed by atoms with Crippen LogP contribution < -0.4 is 5.32 Å². The van der Waals surface area contributed by atoms with Crippen LogP contribution in [0.3, 0.4) is 0 Å². The van der Waals surface area contributed by atoms with E-state index >= 15 is 0 Å². The van der Waals surface area contributed by atoms with Crippen LogP contribution in [0.2, 0.25) is 5.15 Å². The van der Waals surface area contributed by atoms with Crippen molar-refractivity contribution in [3.05, 3.63) is 23.0 Å². The minimum absolute atomic E-state index is 0. The standard InChI is InChI=1S/C10H15ClN4.ClH/c1-15(9-4-5-12-6-9)7-8-2-3-10(11)14-13-8;/h2-3,9,12H,4-7H2,1H3;1H/t9-;/m0./s1. The van der Waals surface area contributed by atoms with Gasteiger partial charge in [0.2, 0.25) is 0 Å². The first-order chi connectivity index (χ1) is 7.25. The molecule has 0 saturated carbocycles. The molecular formula is C10H16Cl2N4. The van der Waals surface area contributed by atoms with Crippen LogP contribution in [0.4, 0.5) is 0 Å². The third kappa shape index (κ3) is 3.56. The van der Waals surface area contributed by atoms with Crippen molar-refractivity contribution < 1.29 is 0 Å². The van der Waals surface area contributed by atoms with Crippen LogP contribution >= 0.6 is 24.0 Å². The van der Waals surface area contributed by atoms with Gasteiger partial charge < -0.3 is 5.32 Å². The summed E-state index contributed by atoms with van der Waals surface area (Å²) in [5.74, 6) is 0. The Hall–Kier alpha value is -0.420. The summed E-state index contributed by atoms with van der Waals surface area (Å²) in [4.78, 5) is 2.30. The molecule has 4 nitrogen and oxygen atoms in total. The third-order valence-electron chi connectivity index (χ3n) is 2.76. The Morgan fingerprint density at radius 3 is 2.88 bits per heavy atom. The second-order valence-electron chi connectivity index (χ2n) is 3.91. The molecule has 1 atom stereocenters. The fourth-order valence-electron chi connectivity index (χ4n) is 1.83. The average Bonchev–Trinajstić information content (AvgIpc) is 2.74. The number of nitrogens with zero attached hydrogens (tertiary/aromatic N) is 3. The minimum Gasteiger partial charge on any atom is -0.315 e. The topological polar surface area (TPSA) is 41.1 Å². The summed E-state index contributed by atoms with van der Waals surface area (Å²) in [6.45, 7) is 3.01. The number of nitrogens with one attached hydrogen (secondary N) is 1. The fourth-order valence-corrected chi connectivity index (χ4v) is 1.93. The summed E-state index contributed by atoms with van der Waals surface area (Å²) < 4.78 is 0. The van der Waals surface area contributed by atoms with Crippen LogP contribution in [0.5, 0.6) is 0 Å². The van der Waals surface area contributed by atoms with E-state index in [1.54, 1.807) is 6.07 Å². The minimum atomic E-state index is 0. The zero-order chi connectivity index (χ0) is 10.7. The maximum Gasteiger partial charge on any atom is 0.151 e. The highest BCUT2D eigenvalue weighted by atomic mass is 35.5. The van der Waals surface area contributed by atoms with Crippen LogP contribution in [0.15, 0.2) is 12.1 Å². The van der Waals surface area contributed by atoms with E-state index in [1.807, 2.05) is 6.07 Å². The van der Waals surface area contributed by atoms with E-state index in [4.69, 9.17) is 11.6 Å². The van der Waals surface area contributed by atoms with E-state index in [0.29, 0.717) is 11.2 Å². The van der Waals surface area contributed by atoms with Crippen molar-refractivity contribution in [2.75, 3.05) is 20.1 Å². The smallest absolute Gasteiger partial charge is 0.151 e. The lowest BCUT2D eigenvalue weighted by molar-refractivity contribution is 0.245. The van der Waals surface area contributed by atoms with E-state index in [1.165, 1.54) is 6.42 Å². The van der Waals surface area contributed by atoms with Gasteiger partial charge in [-0.25, -0.2) is 0 Å². The van der Waals surface area contributed by atoms with Crippen molar-refractivity contribution in [3.8, 4) is 0 Å². The van der Waals surface area contributed by atoms with Crippen LogP contribution in [0, 0.1) is 0 Å². The van der Waals surface area contributed by atoms with Crippen LogP contribution in [0.25, 0.3) is 0 Å². The molecule has 0 aliphatic carbocycles.